The second-order valence-corrected chi connectivity index (χ2v) is 6.62. The molecule has 1 amide bonds. The minimum Gasteiger partial charge on any atom is -0.481 e. The molecule has 0 saturated heterocycles. The molecule has 2 rings (SSSR count). The Hall–Kier alpha value is -1.06. The maximum Gasteiger partial charge on any atom is 0.310 e. The number of carbonyl (C=O) groups is 2. The summed E-state index contributed by atoms with van der Waals surface area (Å²) in [7, 11) is 0. The summed E-state index contributed by atoms with van der Waals surface area (Å²) in [5.41, 5.74) is -0.761. The number of amides is 1. The van der Waals surface area contributed by atoms with E-state index in [-0.39, 0.29) is 12.3 Å². The highest BCUT2D eigenvalue weighted by Crippen LogP contribution is 2.45. The van der Waals surface area contributed by atoms with Gasteiger partial charge in [0.2, 0.25) is 5.91 Å². The molecule has 0 bridgehead atoms. The van der Waals surface area contributed by atoms with E-state index in [9.17, 15) is 14.7 Å². The molecule has 2 fully saturated rings. The van der Waals surface area contributed by atoms with Gasteiger partial charge in [0, 0.05) is 19.0 Å². The first-order chi connectivity index (χ1) is 9.50. The lowest BCUT2D eigenvalue weighted by Gasteiger charge is -2.42. The van der Waals surface area contributed by atoms with Gasteiger partial charge in [-0.3, -0.25) is 9.59 Å². The molecule has 1 N–H and O–H groups in total. The molecular weight excluding hydrogens is 254 g/mol. The molecule has 2 saturated carbocycles. The van der Waals surface area contributed by atoms with E-state index >= 15 is 0 Å². The van der Waals surface area contributed by atoms with Gasteiger partial charge in [0.15, 0.2) is 0 Å². The van der Waals surface area contributed by atoms with Crippen LogP contribution in [0.15, 0.2) is 0 Å². The second-order valence-electron chi connectivity index (χ2n) is 6.62. The van der Waals surface area contributed by atoms with Crippen LogP contribution in [0, 0.1) is 11.3 Å². The average molecular weight is 281 g/mol. The molecule has 20 heavy (non-hydrogen) atoms. The molecule has 0 aliphatic heterocycles. The van der Waals surface area contributed by atoms with Crippen molar-refractivity contribution in [3.63, 3.8) is 0 Å². The van der Waals surface area contributed by atoms with Crippen molar-refractivity contribution in [1.29, 1.82) is 0 Å². The van der Waals surface area contributed by atoms with Crippen LogP contribution >= 0.6 is 0 Å². The highest BCUT2D eigenvalue weighted by molar-refractivity contribution is 5.85. The number of rotatable bonds is 5. The maximum absolute atomic E-state index is 12.6. The molecule has 2 unspecified atom stereocenters. The minimum absolute atomic E-state index is 0.0494. The van der Waals surface area contributed by atoms with E-state index in [4.69, 9.17) is 0 Å². The van der Waals surface area contributed by atoms with E-state index in [0.29, 0.717) is 31.3 Å². The van der Waals surface area contributed by atoms with E-state index in [1.807, 2.05) is 11.8 Å². The lowest BCUT2D eigenvalue weighted by Crippen LogP contribution is -2.49. The van der Waals surface area contributed by atoms with E-state index in [1.54, 1.807) is 0 Å². The lowest BCUT2D eigenvalue weighted by atomic mass is 9.66. The summed E-state index contributed by atoms with van der Waals surface area (Å²) in [6, 6.07) is 0.312. The van der Waals surface area contributed by atoms with Crippen molar-refractivity contribution in [2.75, 3.05) is 6.54 Å². The zero-order valence-corrected chi connectivity index (χ0v) is 12.7. The molecule has 0 heterocycles. The molecule has 2 aliphatic rings. The van der Waals surface area contributed by atoms with Crippen LogP contribution in [0.4, 0.5) is 0 Å². The summed E-state index contributed by atoms with van der Waals surface area (Å²) < 4.78 is 0. The first-order valence-corrected chi connectivity index (χ1v) is 8.03. The molecule has 4 nitrogen and oxygen atoms in total. The highest BCUT2D eigenvalue weighted by atomic mass is 16.4. The predicted molar refractivity (Wildman–Crippen MR) is 77.3 cm³/mol. The Bertz CT molecular complexity index is 376. The number of carbonyl (C=O) groups excluding carboxylic acids is 1. The number of nitrogens with zero attached hydrogens (tertiary/aromatic N) is 1. The number of aliphatic carboxylic acids is 1. The second kappa shape index (κ2) is 6.15. The Kier molecular flexibility index (Phi) is 4.71. The van der Waals surface area contributed by atoms with Gasteiger partial charge in [0.05, 0.1) is 5.41 Å². The molecule has 2 aliphatic carbocycles. The van der Waals surface area contributed by atoms with Crippen LogP contribution in [0.25, 0.3) is 0 Å². The molecule has 0 aromatic rings. The van der Waals surface area contributed by atoms with Crippen LogP contribution in [0.1, 0.15) is 65.2 Å². The predicted octanol–water partition coefficient (Wildman–Crippen LogP) is 3.06. The SMILES string of the molecule is CCN(C(=O)CC1(C(=O)O)CCC1)C1CCCCC1C. The van der Waals surface area contributed by atoms with Crippen LogP contribution in [0.3, 0.4) is 0 Å². The monoisotopic (exact) mass is 281 g/mol. The average Bonchev–Trinajstić information content (AvgIpc) is 2.36. The molecule has 0 aromatic carbocycles. The largest absolute Gasteiger partial charge is 0.481 e. The quantitative estimate of drug-likeness (QED) is 0.842. The van der Waals surface area contributed by atoms with Gasteiger partial charge in [-0.25, -0.2) is 0 Å². The Balaban J connectivity index is 2.03. The molecule has 4 heteroatoms. The van der Waals surface area contributed by atoms with E-state index < -0.39 is 11.4 Å². The number of hydrogen-bond donors (Lipinski definition) is 1. The fourth-order valence-electron chi connectivity index (χ4n) is 3.82. The van der Waals surface area contributed by atoms with Crippen molar-refractivity contribution < 1.29 is 14.7 Å². The standard InChI is InChI=1S/C16H27NO3/c1-3-17(13-8-5-4-7-12(13)2)14(18)11-16(15(19)20)9-6-10-16/h12-13H,3-11H2,1-2H3,(H,19,20). The zero-order valence-electron chi connectivity index (χ0n) is 12.7. The summed E-state index contributed by atoms with van der Waals surface area (Å²) in [6.45, 7) is 4.92. The topological polar surface area (TPSA) is 57.6 Å². The molecular formula is C16H27NO3. The third-order valence-corrected chi connectivity index (χ3v) is 5.38. The molecule has 2 atom stereocenters. The van der Waals surface area contributed by atoms with Gasteiger partial charge >= 0.3 is 5.97 Å². The van der Waals surface area contributed by atoms with Gasteiger partial charge < -0.3 is 10.0 Å². The molecule has 0 spiro atoms. The van der Waals surface area contributed by atoms with E-state index in [2.05, 4.69) is 6.92 Å². The van der Waals surface area contributed by atoms with Gasteiger partial charge in [0.25, 0.3) is 0 Å². The van der Waals surface area contributed by atoms with Crippen LogP contribution in [0.2, 0.25) is 0 Å². The third kappa shape index (κ3) is 2.84. The fourth-order valence-corrected chi connectivity index (χ4v) is 3.82. The normalized spacial score (nSPS) is 28.5. The minimum atomic E-state index is -0.787. The van der Waals surface area contributed by atoms with E-state index in [0.717, 1.165) is 12.8 Å². The summed E-state index contributed by atoms with van der Waals surface area (Å²) in [6.07, 6.45) is 7.13. The van der Waals surface area contributed by atoms with Gasteiger partial charge in [-0.05, 0) is 38.5 Å². The van der Waals surface area contributed by atoms with Gasteiger partial charge in [-0.2, -0.15) is 0 Å². The van der Waals surface area contributed by atoms with Gasteiger partial charge in [-0.1, -0.05) is 26.2 Å². The van der Waals surface area contributed by atoms with E-state index in [1.165, 1.54) is 19.3 Å². The van der Waals surface area contributed by atoms with Crippen molar-refractivity contribution in [2.45, 2.75) is 71.3 Å². The van der Waals surface area contributed by atoms with Crippen LogP contribution in [-0.2, 0) is 9.59 Å². The maximum atomic E-state index is 12.6. The Labute approximate surface area is 121 Å². The van der Waals surface area contributed by atoms with Gasteiger partial charge in [0.1, 0.15) is 0 Å². The van der Waals surface area contributed by atoms with Crippen LogP contribution in [0.5, 0.6) is 0 Å². The fraction of sp³-hybridized carbons (Fsp3) is 0.875. The molecule has 114 valence electrons. The van der Waals surface area contributed by atoms with Crippen molar-refractivity contribution in [3.8, 4) is 0 Å². The molecule has 0 aromatic heterocycles. The smallest absolute Gasteiger partial charge is 0.310 e. The van der Waals surface area contributed by atoms with Crippen molar-refractivity contribution in [1.82, 2.24) is 4.90 Å². The Morgan fingerprint density at radius 2 is 1.85 bits per heavy atom. The van der Waals surface area contributed by atoms with Gasteiger partial charge in [-0.15, -0.1) is 0 Å². The van der Waals surface area contributed by atoms with Crippen molar-refractivity contribution in [2.24, 2.45) is 11.3 Å². The van der Waals surface area contributed by atoms with Crippen molar-refractivity contribution in [3.05, 3.63) is 0 Å². The summed E-state index contributed by atoms with van der Waals surface area (Å²) >= 11 is 0. The first-order valence-electron chi connectivity index (χ1n) is 8.03. The Morgan fingerprint density at radius 1 is 1.20 bits per heavy atom. The van der Waals surface area contributed by atoms with Crippen LogP contribution < -0.4 is 0 Å². The first kappa shape index (κ1) is 15.3. The highest BCUT2D eigenvalue weighted by Gasteiger charge is 2.47. The molecule has 0 radical (unpaired) electrons. The number of hydrogen-bond acceptors (Lipinski definition) is 2. The summed E-state index contributed by atoms with van der Waals surface area (Å²) in [4.78, 5) is 26.0. The van der Waals surface area contributed by atoms with Crippen LogP contribution in [-0.4, -0.2) is 34.5 Å². The number of carboxylic acids is 1. The summed E-state index contributed by atoms with van der Waals surface area (Å²) in [5.74, 6) is -0.201. The lowest BCUT2D eigenvalue weighted by molar-refractivity contribution is -0.160. The van der Waals surface area contributed by atoms with Crippen molar-refractivity contribution >= 4 is 11.9 Å². The number of carboxylic acid groups (broad SMARTS) is 1. The summed E-state index contributed by atoms with van der Waals surface area (Å²) in [5, 5.41) is 9.38. The zero-order chi connectivity index (χ0) is 14.8. The third-order valence-electron chi connectivity index (χ3n) is 5.38. The Morgan fingerprint density at radius 3 is 2.30 bits per heavy atom.